The molecule has 0 saturated heterocycles. The van der Waals surface area contributed by atoms with Gasteiger partial charge >= 0.3 is 0 Å². The van der Waals surface area contributed by atoms with Gasteiger partial charge in [-0.1, -0.05) is 24.3 Å². The highest BCUT2D eigenvalue weighted by molar-refractivity contribution is 14.1. The molecule has 0 aliphatic carbocycles. The van der Waals surface area contributed by atoms with E-state index in [1.165, 1.54) is 13.2 Å². The number of aromatic hydroxyl groups is 1. The van der Waals surface area contributed by atoms with Crippen LogP contribution in [0.3, 0.4) is 0 Å². The molecule has 0 amide bonds. The Morgan fingerprint density at radius 3 is 2.76 bits per heavy atom. The van der Waals surface area contributed by atoms with E-state index >= 15 is 0 Å². The number of benzene rings is 2. The van der Waals surface area contributed by atoms with Gasteiger partial charge in [0, 0.05) is 11.5 Å². The van der Waals surface area contributed by atoms with Gasteiger partial charge in [0.05, 0.1) is 21.3 Å². The second-order valence-electron chi connectivity index (χ2n) is 5.23. The van der Waals surface area contributed by atoms with Crippen LogP contribution in [0.2, 0.25) is 0 Å². The number of para-hydroxylation sites is 1. The van der Waals surface area contributed by atoms with Gasteiger partial charge in [-0.05, 0) is 52.4 Å². The van der Waals surface area contributed by atoms with E-state index in [4.69, 9.17) is 4.74 Å². The second-order valence-corrected chi connectivity index (χ2v) is 6.39. The number of hydrogen-bond donors (Lipinski definition) is 1. The highest BCUT2D eigenvalue weighted by atomic mass is 127. The van der Waals surface area contributed by atoms with Crippen LogP contribution in [0.4, 0.5) is 5.69 Å². The van der Waals surface area contributed by atoms with Gasteiger partial charge in [0.1, 0.15) is 5.52 Å². The van der Waals surface area contributed by atoms with E-state index in [0.717, 1.165) is 5.56 Å². The maximum Gasteiger partial charge on any atom is 0.295 e. The Morgan fingerprint density at radius 2 is 2.04 bits per heavy atom. The summed E-state index contributed by atoms with van der Waals surface area (Å²) in [6.07, 6.45) is 3.57. The van der Waals surface area contributed by atoms with Crippen molar-refractivity contribution < 1.29 is 14.8 Å². The van der Waals surface area contributed by atoms with Crippen LogP contribution in [0.25, 0.3) is 23.1 Å². The summed E-state index contributed by atoms with van der Waals surface area (Å²) >= 11 is 2.02. The van der Waals surface area contributed by atoms with Crippen LogP contribution < -0.4 is 4.74 Å². The summed E-state index contributed by atoms with van der Waals surface area (Å²) in [5.74, 6) is 0.480. The zero-order valence-electron chi connectivity index (χ0n) is 13.1. The number of phenolic OH excluding ortho intramolecular Hbond substituents is 1. The smallest absolute Gasteiger partial charge is 0.295 e. The third-order valence-electron chi connectivity index (χ3n) is 3.63. The number of halogens is 1. The monoisotopic (exact) mass is 448 g/mol. The molecule has 2 aromatic carbocycles. The van der Waals surface area contributed by atoms with Crippen LogP contribution in [0.15, 0.2) is 42.5 Å². The lowest BCUT2D eigenvalue weighted by Gasteiger charge is -2.06. The number of aromatic nitrogens is 1. The molecule has 1 N–H and O–H groups in total. The molecule has 0 radical (unpaired) electrons. The lowest BCUT2D eigenvalue weighted by atomic mass is 10.1. The molecule has 0 saturated carbocycles. The van der Waals surface area contributed by atoms with Crippen molar-refractivity contribution >= 4 is 51.3 Å². The lowest BCUT2D eigenvalue weighted by molar-refractivity contribution is -0.383. The van der Waals surface area contributed by atoms with E-state index in [9.17, 15) is 15.2 Å². The van der Waals surface area contributed by atoms with E-state index in [2.05, 4.69) is 4.98 Å². The first-order valence-electron chi connectivity index (χ1n) is 7.28. The van der Waals surface area contributed by atoms with Crippen molar-refractivity contribution in [3.8, 4) is 11.5 Å². The summed E-state index contributed by atoms with van der Waals surface area (Å²) < 4.78 is 5.80. The number of nitro benzene ring substituents is 1. The van der Waals surface area contributed by atoms with Crippen LogP contribution >= 0.6 is 22.6 Å². The van der Waals surface area contributed by atoms with Crippen molar-refractivity contribution in [1.82, 2.24) is 4.98 Å². The molecule has 25 heavy (non-hydrogen) atoms. The Labute approximate surface area is 157 Å². The molecule has 126 valence electrons. The topological polar surface area (TPSA) is 85.5 Å². The summed E-state index contributed by atoms with van der Waals surface area (Å²) in [5.41, 5.74) is 1.76. The minimum absolute atomic E-state index is 0.0198. The van der Waals surface area contributed by atoms with Gasteiger partial charge in [0.25, 0.3) is 5.69 Å². The molecule has 7 heteroatoms. The number of hydrogen-bond acceptors (Lipinski definition) is 5. The minimum Gasteiger partial charge on any atom is -0.504 e. The molecule has 0 aliphatic heterocycles. The molecule has 0 unspecified atom stereocenters. The van der Waals surface area contributed by atoms with Gasteiger partial charge in [-0.15, -0.1) is 0 Å². The van der Waals surface area contributed by atoms with Gasteiger partial charge < -0.3 is 9.84 Å². The number of rotatable bonds is 4. The first kappa shape index (κ1) is 17.2. The molecule has 0 fully saturated rings. The first-order valence-corrected chi connectivity index (χ1v) is 8.36. The van der Waals surface area contributed by atoms with Gasteiger partial charge in [0.2, 0.25) is 0 Å². The standard InChI is InChI=1S/C18H13IN2O4/c1-25-16-10-11(9-14(19)18(16)22)5-7-13-8-6-12-3-2-4-15(21(23)24)17(12)20-13/h2-10,22H,1H3. The average molecular weight is 448 g/mol. The second kappa shape index (κ2) is 7.06. The predicted molar refractivity (Wildman–Crippen MR) is 105 cm³/mol. The van der Waals surface area contributed by atoms with Crippen LogP contribution in [0, 0.1) is 13.7 Å². The number of non-ortho nitro benzene ring substituents is 1. The van der Waals surface area contributed by atoms with Gasteiger partial charge in [-0.25, -0.2) is 4.98 Å². The highest BCUT2D eigenvalue weighted by Crippen LogP contribution is 2.33. The fourth-order valence-corrected chi connectivity index (χ4v) is 3.04. The first-order chi connectivity index (χ1) is 12.0. The molecule has 1 heterocycles. The number of nitrogens with zero attached hydrogens (tertiary/aromatic N) is 2. The van der Waals surface area contributed by atoms with Gasteiger partial charge in [-0.3, -0.25) is 10.1 Å². The molecule has 3 rings (SSSR count). The van der Waals surface area contributed by atoms with Crippen molar-refractivity contribution in [3.63, 3.8) is 0 Å². The zero-order valence-corrected chi connectivity index (χ0v) is 15.3. The zero-order chi connectivity index (χ0) is 18.0. The van der Waals surface area contributed by atoms with E-state index < -0.39 is 4.92 Å². The maximum absolute atomic E-state index is 11.2. The number of phenols is 1. The van der Waals surface area contributed by atoms with Crippen LogP contribution in [0.1, 0.15) is 11.3 Å². The molecule has 0 spiro atoms. The normalized spacial score (nSPS) is 11.1. The lowest BCUT2D eigenvalue weighted by Crippen LogP contribution is -1.92. The van der Waals surface area contributed by atoms with E-state index in [-0.39, 0.29) is 11.4 Å². The Hall–Kier alpha value is -2.68. The van der Waals surface area contributed by atoms with Crippen molar-refractivity contribution in [2.24, 2.45) is 0 Å². The summed E-state index contributed by atoms with van der Waals surface area (Å²) in [6, 6.07) is 12.0. The molecule has 6 nitrogen and oxygen atoms in total. The Kier molecular flexibility index (Phi) is 4.84. The summed E-state index contributed by atoms with van der Waals surface area (Å²) in [6.45, 7) is 0. The molecule has 1 aromatic heterocycles. The summed E-state index contributed by atoms with van der Waals surface area (Å²) in [7, 11) is 1.49. The quantitative estimate of drug-likeness (QED) is 0.357. The van der Waals surface area contributed by atoms with Crippen molar-refractivity contribution in [2.75, 3.05) is 7.11 Å². The Bertz CT molecular complexity index is 1000. The number of nitro groups is 1. The summed E-state index contributed by atoms with van der Waals surface area (Å²) in [4.78, 5) is 15.1. The predicted octanol–water partition coefficient (Wildman–Crippen LogP) is 4.63. The molecular weight excluding hydrogens is 435 g/mol. The van der Waals surface area contributed by atoms with E-state index in [0.29, 0.717) is 25.9 Å². The van der Waals surface area contributed by atoms with Crippen molar-refractivity contribution in [3.05, 3.63) is 67.4 Å². The fraction of sp³-hybridized carbons (Fsp3) is 0.0556. The molecule has 0 aliphatic rings. The van der Waals surface area contributed by atoms with Crippen molar-refractivity contribution in [2.45, 2.75) is 0 Å². The van der Waals surface area contributed by atoms with Gasteiger partial charge in [-0.2, -0.15) is 0 Å². The fourth-order valence-electron chi connectivity index (χ4n) is 2.41. The number of ether oxygens (including phenoxy) is 1. The Morgan fingerprint density at radius 1 is 1.24 bits per heavy atom. The van der Waals surface area contributed by atoms with Crippen LogP contribution in [-0.4, -0.2) is 22.1 Å². The number of methoxy groups -OCH3 is 1. The SMILES string of the molecule is COc1cc(C=Cc2ccc3cccc([N+](=O)[O-])c3n2)cc(I)c1O. The largest absolute Gasteiger partial charge is 0.504 e. The summed E-state index contributed by atoms with van der Waals surface area (Å²) in [5, 5.41) is 21.7. The van der Waals surface area contributed by atoms with Crippen molar-refractivity contribution in [1.29, 1.82) is 0 Å². The molecular formula is C18H13IN2O4. The van der Waals surface area contributed by atoms with E-state index in [1.54, 1.807) is 42.5 Å². The average Bonchev–Trinajstić information content (AvgIpc) is 2.61. The third-order valence-corrected chi connectivity index (χ3v) is 4.46. The maximum atomic E-state index is 11.2. The number of fused-ring (bicyclic) bond motifs is 1. The van der Waals surface area contributed by atoms with Crippen LogP contribution in [-0.2, 0) is 0 Å². The minimum atomic E-state index is -0.434. The number of pyridine rings is 1. The third kappa shape index (κ3) is 3.55. The Balaban J connectivity index is 2.01. The molecule has 0 atom stereocenters. The highest BCUT2D eigenvalue weighted by Gasteiger charge is 2.12. The molecule has 3 aromatic rings. The molecule has 0 bridgehead atoms. The van der Waals surface area contributed by atoms with Crippen LogP contribution in [0.5, 0.6) is 11.5 Å². The van der Waals surface area contributed by atoms with E-state index in [1.807, 2.05) is 28.7 Å². The van der Waals surface area contributed by atoms with Gasteiger partial charge in [0.15, 0.2) is 11.5 Å².